The van der Waals surface area contributed by atoms with E-state index in [-0.39, 0.29) is 30.7 Å². The SMILES string of the molecule is CNC1CCCN(C(=O)c2ccccc2SCc2cn3ccccc3n2)C1.Cl.Cl. The van der Waals surface area contributed by atoms with E-state index in [4.69, 9.17) is 0 Å². The van der Waals surface area contributed by atoms with E-state index in [0.29, 0.717) is 6.04 Å². The van der Waals surface area contributed by atoms with Crippen LogP contribution in [0.5, 0.6) is 0 Å². The first-order valence-corrected chi connectivity index (χ1v) is 10.3. The maximum atomic E-state index is 13.1. The molecule has 0 bridgehead atoms. The van der Waals surface area contributed by atoms with E-state index in [1.54, 1.807) is 11.8 Å². The zero-order valence-corrected chi connectivity index (χ0v) is 18.7. The highest BCUT2D eigenvalue weighted by molar-refractivity contribution is 7.98. The van der Waals surface area contributed by atoms with Crippen molar-refractivity contribution >= 4 is 48.1 Å². The number of fused-ring (bicyclic) bond motifs is 1. The molecule has 4 rings (SSSR count). The average Bonchev–Trinajstić information content (AvgIpc) is 3.15. The predicted molar refractivity (Wildman–Crippen MR) is 124 cm³/mol. The number of hydrogen-bond acceptors (Lipinski definition) is 4. The number of pyridine rings is 1. The minimum atomic E-state index is 0. The van der Waals surface area contributed by atoms with Gasteiger partial charge in [-0.05, 0) is 44.2 Å². The van der Waals surface area contributed by atoms with Gasteiger partial charge in [0.2, 0.25) is 0 Å². The highest BCUT2D eigenvalue weighted by Crippen LogP contribution is 2.28. The molecule has 8 heteroatoms. The number of imidazole rings is 1. The number of rotatable bonds is 5. The van der Waals surface area contributed by atoms with Crippen molar-refractivity contribution in [2.75, 3.05) is 20.1 Å². The lowest BCUT2D eigenvalue weighted by molar-refractivity contribution is 0.0694. The lowest BCUT2D eigenvalue weighted by Gasteiger charge is -2.33. The smallest absolute Gasteiger partial charge is 0.255 e. The Bertz CT molecular complexity index is 916. The summed E-state index contributed by atoms with van der Waals surface area (Å²) in [6.07, 6.45) is 6.23. The fraction of sp³-hybridized carbons (Fsp3) is 0.333. The van der Waals surface area contributed by atoms with Gasteiger partial charge in [-0.2, -0.15) is 0 Å². The van der Waals surface area contributed by atoms with Crippen LogP contribution in [0.2, 0.25) is 0 Å². The monoisotopic (exact) mass is 452 g/mol. The molecule has 2 aromatic heterocycles. The Kier molecular flexibility index (Phi) is 8.83. The first kappa shape index (κ1) is 23.5. The maximum Gasteiger partial charge on any atom is 0.255 e. The maximum absolute atomic E-state index is 13.1. The van der Waals surface area contributed by atoms with Gasteiger partial charge in [-0.25, -0.2) is 4.98 Å². The molecule has 1 aliphatic heterocycles. The molecule has 5 nitrogen and oxygen atoms in total. The molecule has 1 aromatic carbocycles. The number of piperidine rings is 1. The Morgan fingerprint density at radius 1 is 1.21 bits per heavy atom. The van der Waals surface area contributed by atoms with Crippen molar-refractivity contribution in [3.63, 3.8) is 0 Å². The molecule has 3 aromatic rings. The zero-order valence-electron chi connectivity index (χ0n) is 16.3. The van der Waals surface area contributed by atoms with Gasteiger partial charge >= 0.3 is 0 Å². The van der Waals surface area contributed by atoms with Gasteiger partial charge in [0.05, 0.1) is 11.3 Å². The summed E-state index contributed by atoms with van der Waals surface area (Å²) in [4.78, 5) is 20.8. The molecule has 3 heterocycles. The molecule has 0 radical (unpaired) electrons. The third-order valence-electron chi connectivity index (χ3n) is 5.02. The first-order chi connectivity index (χ1) is 13.2. The van der Waals surface area contributed by atoms with Gasteiger partial charge < -0.3 is 14.6 Å². The topological polar surface area (TPSA) is 49.6 Å². The zero-order chi connectivity index (χ0) is 18.6. The second kappa shape index (κ2) is 10.9. The molecule has 1 atom stereocenters. The minimum absolute atomic E-state index is 0. The van der Waals surface area contributed by atoms with Crippen molar-refractivity contribution < 1.29 is 4.79 Å². The van der Waals surface area contributed by atoms with Crippen molar-refractivity contribution in [2.45, 2.75) is 29.5 Å². The van der Waals surface area contributed by atoms with Crippen LogP contribution >= 0.6 is 36.6 Å². The van der Waals surface area contributed by atoms with Gasteiger partial charge in [0, 0.05) is 42.2 Å². The molecular formula is C21H26Cl2N4OS. The lowest BCUT2D eigenvalue weighted by Crippen LogP contribution is -2.47. The molecule has 0 saturated carbocycles. The number of nitrogens with one attached hydrogen (secondary N) is 1. The van der Waals surface area contributed by atoms with E-state index in [1.807, 2.05) is 65.0 Å². The number of benzene rings is 1. The largest absolute Gasteiger partial charge is 0.337 e. The minimum Gasteiger partial charge on any atom is -0.337 e. The van der Waals surface area contributed by atoms with Crippen LogP contribution < -0.4 is 5.32 Å². The summed E-state index contributed by atoms with van der Waals surface area (Å²) in [6.45, 7) is 1.61. The summed E-state index contributed by atoms with van der Waals surface area (Å²) in [5.74, 6) is 0.874. The molecule has 1 fully saturated rings. The summed E-state index contributed by atoms with van der Waals surface area (Å²) in [5, 5.41) is 3.30. The van der Waals surface area contributed by atoms with Crippen molar-refractivity contribution in [3.8, 4) is 0 Å². The number of hydrogen-bond donors (Lipinski definition) is 1. The van der Waals surface area contributed by atoms with Crippen LogP contribution in [0.25, 0.3) is 5.65 Å². The van der Waals surface area contributed by atoms with Crippen molar-refractivity contribution in [1.82, 2.24) is 19.6 Å². The van der Waals surface area contributed by atoms with E-state index in [2.05, 4.69) is 16.5 Å². The van der Waals surface area contributed by atoms with Gasteiger partial charge in [-0.15, -0.1) is 36.6 Å². The number of carbonyl (C=O) groups is 1. The van der Waals surface area contributed by atoms with Crippen LogP contribution in [0.1, 0.15) is 28.9 Å². The Hall–Kier alpha value is -1.73. The molecule has 29 heavy (non-hydrogen) atoms. The molecule has 0 aliphatic carbocycles. The van der Waals surface area contributed by atoms with Crippen LogP contribution in [0.4, 0.5) is 0 Å². The first-order valence-electron chi connectivity index (χ1n) is 9.35. The number of likely N-dealkylation sites (tertiary alicyclic amines) is 1. The van der Waals surface area contributed by atoms with Crippen molar-refractivity contribution in [3.05, 3.63) is 66.1 Å². The molecule has 1 aliphatic rings. The fourth-order valence-corrected chi connectivity index (χ4v) is 4.47. The van der Waals surface area contributed by atoms with Crippen LogP contribution in [0, 0.1) is 0 Å². The second-order valence-corrected chi connectivity index (χ2v) is 7.88. The van der Waals surface area contributed by atoms with Crippen LogP contribution in [0.15, 0.2) is 59.8 Å². The Morgan fingerprint density at radius 3 is 2.79 bits per heavy atom. The van der Waals surface area contributed by atoms with E-state index >= 15 is 0 Å². The van der Waals surface area contributed by atoms with E-state index < -0.39 is 0 Å². The number of thioether (sulfide) groups is 1. The number of halogens is 2. The predicted octanol–water partition coefficient (Wildman–Crippen LogP) is 4.29. The van der Waals surface area contributed by atoms with Gasteiger partial charge in [0.15, 0.2) is 0 Å². The highest BCUT2D eigenvalue weighted by Gasteiger charge is 2.25. The number of likely N-dealkylation sites (N-methyl/N-ethyl adjacent to an activating group) is 1. The van der Waals surface area contributed by atoms with Gasteiger partial charge in [0.25, 0.3) is 5.91 Å². The quantitative estimate of drug-likeness (QED) is 0.586. The molecule has 1 saturated heterocycles. The molecule has 0 spiro atoms. The molecule has 1 N–H and O–H groups in total. The third-order valence-corrected chi connectivity index (χ3v) is 6.13. The summed E-state index contributed by atoms with van der Waals surface area (Å²) < 4.78 is 2.03. The molecular weight excluding hydrogens is 427 g/mol. The van der Waals surface area contributed by atoms with E-state index in [1.165, 1.54) is 0 Å². The summed E-state index contributed by atoms with van der Waals surface area (Å²) in [6, 6.07) is 14.3. The van der Waals surface area contributed by atoms with Gasteiger partial charge in [-0.1, -0.05) is 18.2 Å². The standard InChI is InChI=1S/C21H24N4OS.2ClH/c1-22-16-7-6-12-25(13-16)21(26)18-8-2-3-9-19(18)27-15-17-14-24-11-5-4-10-20(24)23-17;;/h2-5,8-11,14,16,22H,6-7,12-13,15H2,1H3;2*1H. The van der Waals surface area contributed by atoms with Gasteiger partial charge in [-0.3, -0.25) is 4.79 Å². The van der Waals surface area contributed by atoms with Crippen molar-refractivity contribution in [2.24, 2.45) is 0 Å². The number of amides is 1. The van der Waals surface area contributed by atoms with Crippen LogP contribution in [-0.4, -0.2) is 46.4 Å². The second-order valence-electron chi connectivity index (χ2n) is 6.86. The summed E-state index contributed by atoms with van der Waals surface area (Å²) >= 11 is 1.68. The van der Waals surface area contributed by atoms with Crippen LogP contribution in [-0.2, 0) is 5.75 Å². The highest BCUT2D eigenvalue weighted by atomic mass is 35.5. The Labute approximate surface area is 188 Å². The number of carbonyl (C=O) groups excluding carboxylic acids is 1. The number of nitrogens with zero attached hydrogens (tertiary/aromatic N) is 3. The van der Waals surface area contributed by atoms with Crippen molar-refractivity contribution in [1.29, 1.82) is 0 Å². The lowest BCUT2D eigenvalue weighted by atomic mass is 10.0. The Morgan fingerprint density at radius 2 is 2.00 bits per heavy atom. The molecule has 1 unspecified atom stereocenters. The summed E-state index contributed by atoms with van der Waals surface area (Å²) in [5.41, 5.74) is 2.76. The third kappa shape index (κ3) is 5.45. The summed E-state index contributed by atoms with van der Waals surface area (Å²) in [7, 11) is 1.97. The molecule has 156 valence electrons. The average molecular weight is 453 g/mol. The number of aromatic nitrogens is 2. The van der Waals surface area contributed by atoms with E-state index in [9.17, 15) is 4.79 Å². The fourth-order valence-electron chi connectivity index (χ4n) is 3.55. The van der Waals surface area contributed by atoms with E-state index in [0.717, 1.165) is 53.5 Å². The normalized spacial score (nSPS) is 16.2. The van der Waals surface area contributed by atoms with Crippen LogP contribution in [0.3, 0.4) is 0 Å². The Balaban J connectivity index is 0.00000150. The van der Waals surface area contributed by atoms with Gasteiger partial charge in [0.1, 0.15) is 5.65 Å². The molecule has 1 amide bonds.